The molecule has 1 fully saturated rings. The highest BCUT2D eigenvalue weighted by Crippen LogP contribution is 2.41. The van der Waals surface area contributed by atoms with Crippen LogP contribution in [0.25, 0.3) is 11.0 Å². The molecule has 0 amide bonds. The van der Waals surface area contributed by atoms with Crippen molar-refractivity contribution in [3.63, 3.8) is 0 Å². The van der Waals surface area contributed by atoms with Crippen molar-refractivity contribution in [2.45, 2.75) is 37.4 Å². The van der Waals surface area contributed by atoms with Crippen molar-refractivity contribution < 1.29 is 20.1 Å². The average molecular weight is 318 g/mol. The molecular formula is C15H18N4O4. The van der Waals surface area contributed by atoms with Crippen LogP contribution in [0.4, 0.5) is 5.82 Å². The molecule has 122 valence electrons. The average Bonchev–Trinajstić information content (AvgIpc) is 2.90. The highest BCUT2D eigenvalue weighted by atomic mass is 16.6. The molecule has 0 bridgehead atoms. The number of allylic oxidation sites excluding steroid dienone is 1. The van der Waals surface area contributed by atoms with E-state index in [0.29, 0.717) is 17.9 Å². The van der Waals surface area contributed by atoms with E-state index in [1.165, 1.54) is 13.3 Å². The molecule has 8 nitrogen and oxygen atoms in total. The summed E-state index contributed by atoms with van der Waals surface area (Å²) in [6.45, 7) is 1.13. The number of hydrogen-bond acceptors (Lipinski definition) is 7. The van der Waals surface area contributed by atoms with Crippen LogP contribution in [-0.4, -0.2) is 54.3 Å². The minimum absolute atomic E-state index is 0.371. The van der Waals surface area contributed by atoms with E-state index in [4.69, 9.17) is 4.74 Å². The van der Waals surface area contributed by atoms with Crippen molar-refractivity contribution >= 4 is 16.9 Å². The molecule has 4 N–H and O–H groups in total. The van der Waals surface area contributed by atoms with E-state index >= 15 is 0 Å². The summed E-state index contributed by atoms with van der Waals surface area (Å²) < 4.78 is 7.40. The monoisotopic (exact) mass is 318 g/mol. The first kappa shape index (κ1) is 14.6. The molecule has 2 aromatic rings. The Hall–Kier alpha value is -2.00. The predicted octanol–water partition coefficient (Wildman–Crippen LogP) is -0.0854. The van der Waals surface area contributed by atoms with Gasteiger partial charge in [-0.25, -0.2) is 9.97 Å². The zero-order chi connectivity index (χ0) is 16.2. The molecular weight excluding hydrogens is 300 g/mol. The smallest absolute Gasteiger partial charge is 0.167 e. The van der Waals surface area contributed by atoms with E-state index in [0.717, 1.165) is 10.9 Å². The Morgan fingerprint density at radius 1 is 1.48 bits per heavy atom. The number of hydrogen-bond donors (Lipinski definition) is 4. The lowest BCUT2D eigenvalue weighted by Gasteiger charge is -2.27. The molecule has 0 aliphatic carbocycles. The van der Waals surface area contributed by atoms with Crippen molar-refractivity contribution in [1.29, 1.82) is 0 Å². The highest BCUT2D eigenvalue weighted by molar-refractivity contribution is 5.92. The highest BCUT2D eigenvalue weighted by Gasteiger charge is 2.53. The number of aliphatic hydroxyl groups is 3. The lowest BCUT2D eigenvalue weighted by Crippen LogP contribution is -2.44. The maximum atomic E-state index is 10.7. The number of anilines is 1. The number of aliphatic hydroxyl groups excluding tert-OH is 2. The van der Waals surface area contributed by atoms with Crippen LogP contribution in [0, 0.1) is 0 Å². The summed E-state index contributed by atoms with van der Waals surface area (Å²) in [5, 5.41) is 34.2. The van der Waals surface area contributed by atoms with Gasteiger partial charge in [-0.3, -0.25) is 0 Å². The van der Waals surface area contributed by atoms with E-state index in [9.17, 15) is 15.3 Å². The zero-order valence-electron chi connectivity index (χ0n) is 12.5. The van der Waals surface area contributed by atoms with Crippen molar-refractivity contribution in [2.24, 2.45) is 0 Å². The van der Waals surface area contributed by atoms with Gasteiger partial charge in [0.2, 0.25) is 0 Å². The predicted molar refractivity (Wildman–Crippen MR) is 81.6 cm³/mol. The molecule has 1 saturated heterocycles. The third-order valence-electron chi connectivity index (χ3n) is 4.55. The van der Waals surface area contributed by atoms with Crippen molar-refractivity contribution in [3.8, 4) is 0 Å². The van der Waals surface area contributed by atoms with Crippen LogP contribution in [0.1, 0.15) is 18.7 Å². The number of aromatic nitrogens is 3. The third-order valence-corrected chi connectivity index (χ3v) is 4.55. The summed E-state index contributed by atoms with van der Waals surface area (Å²) >= 11 is 0. The van der Waals surface area contributed by atoms with Crippen LogP contribution in [0.3, 0.4) is 0 Å². The van der Waals surface area contributed by atoms with Crippen LogP contribution < -0.4 is 5.32 Å². The third kappa shape index (κ3) is 1.99. The molecule has 23 heavy (non-hydrogen) atoms. The first-order chi connectivity index (χ1) is 11.0. The summed E-state index contributed by atoms with van der Waals surface area (Å²) in [5.41, 5.74) is 0.0604. The molecule has 2 aliphatic rings. The lowest BCUT2D eigenvalue weighted by atomic mass is 9.96. The van der Waals surface area contributed by atoms with Gasteiger partial charge in [0.05, 0.1) is 12.0 Å². The minimum atomic E-state index is -1.55. The van der Waals surface area contributed by atoms with E-state index in [2.05, 4.69) is 15.3 Å². The fraction of sp³-hybridized carbons (Fsp3) is 0.467. The topological polar surface area (TPSA) is 113 Å². The molecule has 4 heterocycles. The zero-order valence-corrected chi connectivity index (χ0v) is 12.5. The molecule has 4 atom stereocenters. The Bertz CT molecular complexity index is 785. The van der Waals surface area contributed by atoms with Gasteiger partial charge in [0.25, 0.3) is 0 Å². The van der Waals surface area contributed by atoms with E-state index in [-0.39, 0.29) is 6.61 Å². The van der Waals surface area contributed by atoms with Crippen molar-refractivity contribution in [3.05, 3.63) is 30.4 Å². The Morgan fingerprint density at radius 2 is 2.30 bits per heavy atom. The van der Waals surface area contributed by atoms with Gasteiger partial charge in [-0.1, -0.05) is 6.08 Å². The van der Waals surface area contributed by atoms with Gasteiger partial charge in [-0.05, 0) is 25.1 Å². The summed E-state index contributed by atoms with van der Waals surface area (Å²) in [6, 6.07) is 0. The summed E-state index contributed by atoms with van der Waals surface area (Å²) in [5.74, 6) is 0.689. The first-order valence-corrected chi connectivity index (χ1v) is 7.46. The van der Waals surface area contributed by atoms with Crippen LogP contribution in [-0.2, 0) is 11.2 Å². The second kappa shape index (κ2) is 5.00. The molecule has 0 spiro atoms. The molecule has 0 aromatic carbocycles. The van der Waals surface area contributed by atoms with Crippen LogP contribution >= 0.6 is 0 Å². The summed E-state index contributed by atoms with van der Waals surface area (Å²) in [4.78, 5) is 8.56. The minimum Gasteiger partial charge on any atom is -0.394 e. The first-order valence-electron chi connectivity index (χ1n) is 7.46. The normalized spacial score (nSPS) is 33.0. The van der Waals surface area contributed by atoms with E-state index < -0.39 is 24.0 Å². The van der Waals surface area contributed by atoms with Crippen LogP contribution in [0.5, 0.6) is 0 Å². The molecule has 2 aliphatic heterocycles. The van der Waals surface area contributed by atoms with E-state index in [1.54, 1.807) is 4.57 Å². The quantitative estimate of drug-likeness (QED) is 0.612. The van der Waals surface area contributed by atoms with Gasteiger partial charge in [-0.2, -0.15) is 0 Å². The Labute approximate surface area is 132 Å². The fourth-order valence-corrected chi connectivity index (χ4v) is 3.32. The van der Waals surface area contributed by atoms with Gasteiger partial charge >= 0.3 is 0 Å². The largest absolute Gasteiger partial charge is 0.394 e. The maximum Gasteiger partial charge on any atom is 0.167 e. The SMILES string of the molecule is C[C@@]1(O)[C@H](O)[C@@H](CO)O[C@H]1n1cc2c3c(ncnc31)NC=CC2. The van der Waals surface area contributed by atoms with Crippen LogP contribution in [0.15, 0.2) is 24.8 Å². The number of nitrogens with zero attached hydrogens (tertiary/aromatic N) is 3. The molecule has 2 aromatic heterocycles. The standard InChI is InChI=1S/C15H18N4O4/c1-15(22)11(21)9(6-20)23-14(15)19-5-8-3-2-4-16-12-10(8)13(19)18-7-17-12/h2,4-5,7,9,11,14,20-22H,3,6H2,1H3,(H,16,17,18)/t9-,11-,14-,15-/m1/s1. The molecule has 4 rings (SSSR count). The summed E-state index contributed by atoms with van der Waals surface area (Å²) in [6.07, 6.45) is 4.91. The molecule has 8 heteroatoms. The number of rotatable bonds is 2. The van der Waals surface area contributed by atoms with Gasteiger partial charge < -0.3 is 29.9 Å². The van der Waals surface area contributed by atoms with Gasteiger partial charge in [0.15, 0.2) is 6.23 Å². The van der Waals surface area contributed by atoms with E-state index in [1.807, 2.05) is 18.5 Å². The van der Waals surface area contributed by atoms with Crippen molar-refractivity contribution in [1.82, 2.24) is 14.5 Å². The van der Waals surface area contributed by atoms with Gasteiger partial charge in [0.1, 0.15) is 35.6 Å². The van der Waals surface area contributed by atoms with Crippen molar-refractivity contribution in [2.75, 3.05) is 11.9 Å². The number of ether oxygens (including phenoxy) is 1. The fourth-order valence-electron chi connectivity index (χ4n) is 3.32. The molecule has 0 unspecified atom stereocenters. The Balaban J connectivity index is 1.88. The lowest BCUT2D eigenvalue weighted by molar-refractivity contribution is -0.0948. The van der Waals surface area contributed by atoms with Gasteiger partial charge in [0, 0.05) is 6.20 Å². The Morgan fingerprint density at radius 3 is 3.04 bits per heavy atom. The second-order valence-electron chi connectivity index (χ2n) is 6.11. The molecule has 0 saturated carbocycles. The second-order valence-corrected chi connectivity index (χ2v) is 6.11. The maximum absolute atomic E-state index is 10.7. The molecule has 0 radical (unpaired) electrons. The number of nitrogens with one attached hydrogen (secondary N) is 1. The van der Waals surface area contributed by atoms with Crippen LogP contribution in [0.2, 0.25) is 0 Å². The summed E-state index contributed by atoms with van der Waals surface area (Å²) in [7, 11) is 0. The Kier molecular flexibility index (Phi) is 3.17. The van der Waals surface area contributed by atoms with Gasteiger partial charge in [-0.15, -0.1) is 0 Å².